The maximum atomic E-state index is 12.7. The van der Waals surface area contributed by atoms with Crippen LogP contribution in [0.5, 0.6) is 0 Å². The lowest BCUT2D eigenvalue weighted by molar-refractivity contribution is 0.612. The van der Waals surface area contributed by atoms with E-state index >= 15 is 0 Å². The van der Waals surface area contributed by atoms with Gasteiger partial charge in [0.15, 0.2) is 0 Å². The molecule has 0 heterocycles. The molecule has 9 heavy (non-hydrogen) atoms. The predicted molar refractivity (Wildman–Crippen MR) is 38.8 cm³/mol. The van der Waals surface area contributed by atoms with Crippen molar-refractivity contribution < 1.29 is 4.39 Å². The molecule has 0 aliphatic carbocycles. The molecule has 1 aromatic rings. The molecule has 0 saturated heterocycles. The third-order valence-electron chi connectivity index (χ3n) is 1.14. The van der Waals surface area contributed by atoms with Crippen LogP contribution in [0.3, 0.4) is 0 Å². The van der Waals surface area contributed by atoms with Crippen molar-refractivity contribution in [1.29, 1.82) is 0 Å². The smallest absolute Gasteiger partial charge is 0.140 e. The van der Waals surface area contributed by atoms with Crippen LogP contribution in [0.4, 0.5) is 4.39 Å². The van der Waals surface area contributed by atoms with Crippen molar-refractivity contribution in [3.8, 4) is 0 Å². The van der Waals surface area contributed by atoms with Crippen molar-refractivity contribution in [3.05, 3.63) is 34.1 Å². The monoisotopic (exact) mass is 188 g/mol. The molecule has 0 atom stereocenters. The van der Waals surface area contributed by atoms with Crippen LogP contribution in [0.15, 0.2) is 22.7 Å². The highest BCUT2D eigenvalue weighted by Crippen LogP contribution is 2.16. The normalized spacial score (nSPS) is 9.67. The van der Waals surface area contributed by atoms with Gasteiger partial charge in [0.25, 0.3) is 0 Å². The van der Waals surface area contributed by atoms with Crippen molar-refractivity contribution in [2.24, 2.45) is 0 Å². The predicted octanol–water partition coefficient (Wildman–Crippen LogP) is 2.90. The lowest BCUT2D eigenvalue weighted by atomic mass is 10.2. The van der Waals surface area contributed by atoms with Gasteiger partial charge in [-0.25, -0.2) is 4.39 Å². The summed E-state index contributed by atoms with van der Waals surface area (Å²) in [6.07, 6.45) is 0. The van der Waals surface area contributed by atoms with E-state index in [0.29, 0.717) is 10.0 Å². The fourth-order valence-electron chi connectivity index (χ4n) is 0.612. The van der Waals surface area contributed by atoms with Crippen LogP contribution in [0.1, 0.15) is 5.56 Å². The van der Waals surface area contributed by atoms with E-state index in [4.69, 9.17) is 0 Å². The van der Waals surface area contributed by atoms with E-state index in [2.05, 4.69) is 15.9 Å². The number of aryl methyl sites for hydroxylation is 1. The molecule has 0 amide bonds. The lowest BCUT2D eigenvalue weighted by Crippen LogP contribution is -1.80. The SMILES string of the molecule is Cc1cccc(Br)c1F. The van der Waals surface area contributed by atoms with Crippen LogP contribution in [0.2, 0.25) is 0 Å². The van der Waals surface area contributed by atoms with Crippen molar-refractivity contribution >= 4 is 15.9 Å². The zero-order valence-corrected chi connectivity index (χ0v) is 6.57. The minimum Gasteiger partial charge on any atom is -0.205 e. The average molecular weight is 189 g/mol. The highest BCUT2D eigenvalue weighted by Gasteiger charge is 1.98. The van der Waals surface area contributed by atoms with Gasteiger partial charge in [0, 0.05) is 0 Å². The van der Waals surface area contributed by atoms with Crippen LogP contribution < -0.4 is 0 Å². The Morgan fingerprint density at radius 1 is 1.44 bits per heavy atom. The summed E-state index contributed by atoms with van der Waals surface area (Å²) in [5.74, 6) is -0.169. The Morgan fingerprint density at radius 3 is 2.56 bits per heavy atom. The Morgan fingerprint density at radius 2 is 2.11 bits per heavy atom. The quantitative estimate of drug-likeness (QED) is 0.588. The summed E-state index contributed by atoms with van der Waals surface area (Å²) in [7, 11) is 0. The van der Waals surface area contributed by atoms with Gasteiger partial charge in [-0.1, -0.05) is 12.1 Å². The summed E-state index contributed by atoms with van der Waals surface area (Å²) >= 11 is 3.07. The summed E-state index contributed by atoms with van der Waals surface area (Å²) < 4.78 is 13.2. The first-order chi connectivity index (χ1) is 4.22. The summed E-state index contributed by atoms with van der Waals surface area (Å²) in [6, 6.07) is 5.23. The molecule has 0 aromatic heterocycles. The second-order valence-corrected chi connectivity index (χ2v) is 2.73. The second-order valence-electron chi connectivity index (χ2n) is 1.87. The number of benzene rings is 1. The molecule has 1 aromatic carbocycles. The molecule has 0 radical (unpaired) electrons. The molecule has 2 heteroatoms. The number of hydrogen-bond donors (Lipinski definition) is 0. The molecule has 0 saturated carbocycles. The summed E-state index contributed by atoms with van der Waals surface area (Å²) in [6.45, 7) is 1.74. The van der Waals surface area contributed by atoms with Gasteiger partial charge in [-0.2, -0.15) is 0 Å². The van der Waals surface area contributed by atoms with Gasteiger partial charge in [0.05, 0.1) is 4.47 Å². The Kier molecular flexibility index (Phi) is 1.86. The number of rotatable bonds is 0. The molecule has 0 bridgehead atoms. The molecular weight excluding hydrogens is 183 g/mol. The van der Waals surface area contributed by atoms with Crippen LogP contribution >= 0.6 is 15.9 Å². The zero-order valence-electron chi connectivity index (χ0n) is 4.99. The second kappa shape index (κ2) is 2.48. The Hall–Kier alpha value is -0.370. The molecule has 0 aliphatic heterocycles. The Balaban J connectivity index is 3.25. The van der Waals surface area contributed by atoms with Gasteiger partial charge < -0.3 is 0 Å². The maximum absolute atomic E-state index is 12.7. The van der Waals surface area contributed by atoms with E-state index in [1.54, 1.807) is 19.1 Å². The third kappa shape index (κ3) is 1.30. The van der Waals surface area contributed by atoms with E-state index in [1.807, 2.05) is 6.07 Å². The summed E-state index contributed by atoms with van der Waals surface area (Å²) in [5.41, 5.74) is 0.671. The minimum atomic E-state index is -0.169. The molecule has 0 spiro atoms. The van der Waals surface area contributed by atoms with Crippen LogP contribution in [-0.4, -0.2) is 0 Å². The van der Waals surface area contributed by atoms with Crippen LogP contribution in [0, 0.1) is 12.7 Å². The molecule has 48 valence electrons. The van der Waals surface area contributed by atoms with E-state index in [0.717, 1.165) is 0 Å². The maximum Gasteiger partial charge on any atom is 0.140 e. The largest absolute Gasteiger partial charge is 0.205 e. The van der Waals surface area contributed by atoms with Crippen LogP contribution in [0.25, 0.3) is 0 Å². The molecule has 1 rings (SSSR count). The first-order valence-electron chi connectivity index (χ1n) is 2.62. The topological polar surface area (TPSA) is 0 Å². The zero-order chi connectivity index (χ0) is 6.85. The van der Waals surface area contributed by atoms with Crippen molar-refractivity contribution in [3.63, 3.8) is 0 Å². The summed E-state index contributed by atoms with van der Waals surface area (Å²) in [5, 5.41) is 0. The molecule has 0 fully saturated rings. The fraction of sp³-hybridized carbons (Fsp3) is 0.143. The third-order valence-corrected chi connectivity index (χ3v) is 1.76. The Labute approximate surface area is 61.8 Å². The minimum absolute atomic E-state index is 0.169. The van der Waals surface area contributed by atoms with Crippen LogP contribution in [-0.2, 0) is 0 Å². The van der Waals surface area contributed by atoms with Crippen molar-refractivity contribution in [2.45, 2.75) is 6.92 Å². The van der Waals surface area contributed by atoms with Gasteiger partial charge in [0.2, 0.25) is 0 Å². The van der Waals surface area contributed by atoms with Gasteiger partial charge >= 0.3 is 0 Å². The average Bonchev–Trinajstić information content (AvgIpc) is 1.83. The first kappa shape index (κ1) is 6.75. The fourth-order valence-corrected chi connectivity index (χ4v) is 1.08. The number of halogens is 2. The Bertz CT molecular complexity index is 200. The highest BCUT2D eigenvalue weighted by atomic mass is 79.9. The lowest BCUT2D eigenvalue weighted by Gasteiger charge is -1.95. The van der Waals surface area contributed by atoms with Crippen molar-refractivity contribution in [1.82, 2.24) is 0 Å². The van der Waals surface area contributed by atoms with E-state index in [9.17, 15) is 4.39 Å². The van der Waals surface area contributed by atoms with Gasteiger partial charge in [-0.05, 0) is 34.5 Å². The number of hydrogen-bond acceptors (Lipinski definition) is 0. The molecular formula is C7H6BrF. The standard InChI is InChI=1S/C7H6BrF/c1-5-3-2-4-6(8)7(5)9/h2-4H,1H3. The van der Waals surface area contributed by atoms with Crippen molar-refractivity contribution in [2.75, 3.05) is 0 Å². The summed E-state index contributed by atoms with van der Waals surface area (Å²) in [4.78, 5) is 0. The molecule has 0 nitrogen and oxygen atoms in total. The van der Waals surface area contributed by atoms with Gasteiger partial charge in [-0.15, -0.1) is 0 Å². The molecule has 0 aliphatic rings. The van der Waals surface area contributed by atoms with E-state index in [1.165, 1.54) is 0 Å². The van der Waals surface area contributed by atoms with Gasteiger partial charge in [0.1, 0.15) is 5.82 Å². The van der Waals surface area contributed by atoms with E-state index in [-0.39, 0.29) is 5.82 Å². The van der Waals surface area contributed by atoms with Gasteiger partial charge in [-0.3, -0.25) is 0 Å². The first-order valence-corrected chi connectivity index (χ1v) is 3.41. The molecule has 0 N–H and O–H groups in total. The highest BCUT2D eigenvalue weighted by molar-refractivity contribution is 9.10. The molecule has 0 unspecified atom stereocenters. The van der Waals surface area contributed by atoms with E-state index < -0.39 is 0 Å².